The van der Waals surface area contributed by atoms with Gasteiger partial charge < -0.3 is 44.7 Å². The highest BCUT2D eigenvalue weighted by Crippen LogP contribution is 2.31. The topological polar surface area (TPSA) is 184 Å². The van der Waals surface area contributed by atoms with Crippen molar-refractivity contribution in [2.75, 3.05) is 26.0 Å². The van der Waals surface area contributed by atoms with Crippen LogP contribution in [0, 0.1) is 5.92 Å². The number of likely N-dealkylation sites (tertiary alicyclic amines) is 1. The Balaban J connectivity index is 1.76. The molecule has 0 bridgehead atoms. The van der Waals surface area contributed by atoms with Crippen molar-refractivity contribution in [2.45, 2.75) is 112 Å². The van der Waals surface area contributed by atoms with E-state index in [-0.39, 0.29) is 25.7 Å². The lowest BCUT2D eigenvalue weighted by Crippen LogP contribution is -2.65. The first-order chi connectivity index (χ1) is 19.5. The van der Waals surface area contributed by atoms with E-state index in [1.54, 1.807) is 20.1 Å². The molecule has 41 heavy (non-hydrogen) atoms. The second-order valence-corrected chi connectivity index (χ2v) is 12.5. The van der Waals surface area contributed by atoms with Gasteiger partial charge in [-0.15, -0.1) is 23.4 Å². The normalized spacial score (nSPS) is 35.6. The van der Waals surface area contributed by atoms with Crippen LogP contribution in [0.4, 0.5) is 9.59 Å². The second kappa shape index (κ2) is 15.8. The zero-order chi connectivity index (χ0) is 30.3. The predicted molar refractivity (Wildman–Crippen MR) is 148 cm³/mol. The van der Waals surface area contributed by atoms with E-state index >= 15 is 0 Å². The number of rotatable bonds is 11. The minimum atomic E-state index is -1.52. The number of aliphatic hydroxyl groups excluding tert-OH is 4. The van der Waals surface area contributed by atoms with Gasteiger partial charge in [0.05, 0.1) is 11.4 Å². The van der Waals surface area contributed by atoms with Gasteiger partial charge in [0.2, 0.25) is 5.91 Å². The number of nitrogens with zero attached hydrogens (tertiary/aromatic N) is 1. The Bertz CT molecular complexity index is 884. The molecule has 13 nitrogen and oxygen atoms in total. The lowest BCUT2D eigenvalue weighted by molar-refractivity contribution is -0.205. The summed E-state index contributed by atoms with van der Waals surface area (Å²) in [5.41, 5.74) is -0.853. The van der Waals surface area contributed by atoms with E-state index in [0.717, 1.165) is 24.6 Å². The molecule has 3 fully saturated rings. The summed E-state index contributed by atoms with van der Waals surface area (Å²) < 4.78 is 21.3. The van der Waals surface area contributed by atoms with Gasteiger partial charge in [-0.2, -0.15) is 0 Å². The fourth-order valence-corrected chi connectivity index (χ4v) is 6.35. The summed E-state index contributed by atoms with van der Waals surface area (Å²) in [6.07, 6.45) is -2.84. The first kappa shape index (κ1) is 33.9. The molecule has 11 atom stereocenters. The van der Waals surface area contributed by atoms with Crippen LogP contribution in [0.15, 0.2) is 0 Å². The van der Waals surface area contributed by atoms with Gasteiger partial charge in [0.25, 0.3) is 0 Å². The Morgan fingerprint density at radius 1 is 1.15 bits per heavy atom. The van der Waals surface area contributed by atoms with Crippen molar-refractivity contribution in [1.29, 1.82) is 0 Å². The van der Waals surface area contributed by atoms with Gasteiger partial charge >= 0.3 is 12.2 Å². The molecule has 3 saturated heterocycles. The molecule has 5 N–H and O–H groups in total. The molecular weight excluding hydrogens is 584 g/mol. The van der Waals surface area contributed by atoms with Crippen LogP contribution in [-0.2, 0) is 23.7 Å². The number of hydrogen-bond acceptors (Lipinski definition) is 12. The van der Waals surface area contributed by atoms with Gasteiger partial charge in [0.1, 0.15) is 48.6 Å². The number of cyclic esters (lactones) is 2. The highest BCUT2D eigenvalue weighted by Gasteiger charge is 2.48. The van der Waals surface area contributed by atoms with Gasteiger partial charge in [-0.25, -0.2) is 9.59 Å². The Labute approximate surface area is 249 Å². The first-order valence-electron chi connectivity index (χ1n) is 14.1. The monoisotopic (exact) mass is 626 g/mol. The number of halogens is 1. The van der Waals surface area contributed by atoms with Crippen molar-refractivity contribution in [3.63, 3.8) is 0 Å². The third-order valence-electron chi connectivity index (χ3n) is 7.98. The Hall–Kier alpha value is -1.55. The molecule has 0 radical (unpaired) electrons. The van der Waals surface area contributed by atoms with E-state index < -0.39 is 77.7 Å². The summed E-state index contributed by atoms with van der Waals surface area (Å²) in [7, 11) is 0. The minimum absolute atomic E-state index is 0.0975. The maximum atomic E-state index is 13.8. The predicted octanol–water partition coefficient (Wildman–Crippen LogP) is 0.963. The summed E-state index contributed by atoms with van der Waals surface area (Å²) in [6, 6.07) is -1.90. The summed E-state index contributed by atoms with van der Waals surface area (Å²) in [5.74, 6) is -0.305. The lowest BCUT2D eigenvalue weighted by Gasteiger charge is -2.44. The first-order valence-corrected chi connectivity index (χ1v) is 15.8. The number of ether oxygens (including phenoxy) is 4. The average molecular weight is 627 g/mol. The molecule has 15 heteroatoms. The molecule has 11 unspecified atom stereocenters. The number of hydrogen-bond donors (Lipinski definition) is 5. The van der Waals surface area contributed by atoms with Crippen molar-refractivity contribution < 1.29 is 53.8 Å². The van der Waals surface area contributed by atoms with Crippen LogP contribution in [0.5, 0.6) is 0 Å². The standard InChI is InChI=1S/C26H43ClN2O11S/c1-13(27)18(22-20(32)19(31)21(33)24(40-22)41-3)28-23(34)16-8-7-15(6-4-5-11-30)9-10-29(16)25(35)37-12-17-14(2)38-26(36)39-17/h13-22,24,30-33H,4-12H2,1-3H3,(H,28,34). The van der Waals surface area contributed by atoms with E-state index in [4.69, 9.17) is 35.7 Å². The molecule has 0 aromatic heterocycles. The Kier molecular flexibility index (Phi) is 13.1. The molecule has 0 aromatic rings. The third-order valence-corrected chi connectivity index (χ3v) is 9.11. The van der Waals surface area contributed by atoms with Crippen molar-refractivity contribution >= 4 is 41.5 Å². The highest BCUT2D eigenvalue weighted by atomic mass is 35.5. The van der Waals surface area contributed by atoms with E-state index in [0.29, 0.717) is 25.7 Å². The molecular formula is C26H43ClN2O11S. The summed E-state index contributed by atoms with van der Waals surface area (Å²) in [4.78, 5) is 39.8. The van der Waals surface area contributed by atoms with Crippen LogP contribution in [0.1, 0.15) is 52.4 Å². The average Bonchev–Trinajstić information content (AvgIpc) is 3.12. The summed E-state index contributed by atoms with van der Waals surface area (Å²) in [6.45, 7) is 3.32. The number of aliphatic hydroxyl groups is 4. The molecule has 3 rings (SSSR count). The van der Waals surface area contributed by atoms with Crippen LogP contribution in [0.3, 0.4) is 0 Å². The molecule has 3 aliphatic heterocycles. The fourth-order valence-electron chi connectivity index (χ4n) is 5.46. The molecule has 0 saturated carbocycles. The fraction of sp³-hybridized carbons (Fsp3) is 0.885. The second-order valence-electron chi connectivity index (χ2n) is 10.9. The van der Waals surface area contributed by atoms with E-state index in [1.807, 2.05) is 0 Å². The quantitative estimate of drug-likeness (QED) is 0.125. The van der Waals surface area contributed by atoms with Crippen LogP contribution in [0.2, 0.25) is 0 Å². The number of thioether (sulfide) groups is 1. The molecule has 0 spiro atoms. The molecule has 3 aliphatic rings. The largest absolute Gasteiger partial charge is 0.509 e. The number of unbranched alkanes of at least 4 members (excludes halogenated alkanes) is 1. The van der Waals surface area contributed by atoms with Crippen molar-refractivity contribution in [3.8, 4) is 0 Å². The number of alkyl halides is 1. The zero-order valence-corrected chi connectivity index (χ0v) is 25.2. The molecule has 2 amide bonds. The zero-order valence-electron chi connectivity index (χ0n) is 23.6. The SMILES string of the molecule is CSC1OC(C(NC(=O)C2CCC(CCCCO)CCN2C(=O)OCC2OC(=O)OC2C)C(C)Cl)C(O)C(O)C1O. The maximum Gasteiger partial charge on any atom is 0.509 e. The maximum absolute atomic E-state index is 13.8. The summed E-state index contributed by atoms with van der Waals surface area (Å²) in [5, 5.41) is 42.6. The number of carbonyl (C=O) groups is 3. The minimum Gasteiger partial charge on any atom is -0.445 e. The Morgan fingerprint density at radius 2 is 1.88 bits per heavy atom. The van der Waals surface area contributed by atoms with Gasteiger partial charge in [0.15, 0.2) is 6.10 Å². The van der Waals surface area contributed by atoms with Crippen LogP contribution >= 0.6 is 23.4 Å². The van der Waals surface area contributed by atoms with Crippen LogP contribution in [0.25, 0.3) is 0 Å². The third kappa shape index (κ3) is 8.74. The highest BCUT2D eigenvalue weighted by molar-refractivity contribution is 7.99. The number of carbonyl (C=O) groups excluding carboxylic acids is 3. The molecule has 236 valence electrons. The van der Waals surface area contributed by atoms with Gasteiger partial charge in [0, 0.05) is 13.2 Å². The lowest BCUT2D eigenvalue weighted by atomic mass is 9.92. The van der Waals surface area contributed by atoms with Crippen molar-refractivity contribution in [3.05, 3.63) is 0 Å². The van der Waals surface area contributed by atoms with Crippen LogP contribution < -0.4 is 5.32 Å². The number of nitrogens with one attached hydrogen (secondary N) is 1. The Morgan fingerprint density at radius 3 is 2.49 bits per heavy atom. The van der Waals surface area contributed by atoms with E-state index in [1.165, 1.54) is 4.90 Å². The molecule has 0 aromatic carbocycles. The van der Waals surface area contributed by atoms with Crippen molar-refractivity contribution in [1.82, 2.24) is 10.2 Å². The van der Waals surface area contributed by atoms with Crippen molar-refractivity contribution in [2.24, 2.45) is 5.92 Å². The van der Waals surface area contributed by atoms with Crippen LogP contribution in [-0.4, -0.2) is 129 Å². The molecule has 0 aliphatic carbocycles. The van der Waals surface area contributed by atoms with Gasteiger partial charge in [-0.1, -0.05) is 12.8 Å². The van der Waals surface area contributed by atoms with E-state index in [9.17, 15) is 29.7 Å². The smallest absolute Gasteiger partial charge is 0.445 e. The molecule has 3 heterocycles. The van der Waals surface area contributed by atoms with Gasteiger partial charge in [-0.05, 0) is 51.7 Å². The van der Waals surface area contributed by atoms with Gasteiger partial charge in [-0.3, -0.25) is 9.69 Å². The number of amides is 2. The van der Waals surface area contributed by atoms with E-state index in [2.05, 4.69) is 5.32 Å². The summed E-state index contributed by atoms with van der Waals surface area (Å²) >= 11 is 7.58.